The number of halogens is 2. The molecular formula is C33H36F2N6O4. The number of allylic oxidation sites excluding steroid dienone is 3. The molecule has 0 radical (unpaired) electrons. The minimum atomic E-state index is -0.839. The van der Waals surface area contributed by atoms with Gasteiger partial charge in [0.2, 0.25) is 17.7 Å². The van der Waals surface area contributed by atoms with Gasteiger partial charge in [-0.1, -0.05) is 11.6 Å². The summed E-state index contributed by atoms with van der Waals surface area (Å²) in [7, 11) is 0. The summed E-state index contributed by atoms with van der Waals surface area (Å²) >= 11 is 0. The van der Waals surface area contributed by atoms with Crippen LogP contribution in [-0.4, -0.2) is 59.4 Å². The minimum Gasteiger partial charge on any atom is -0.385 e. The molecule has 5 aliphatic rings. The van der Waals surface area contributed by atoms with Gasteiger partial charge in [0.05, 0.1) is 17.0 Å². The Balaban J connectivity index is 1.09. The molecule has 5 N–H and O–H groups in total. The predicted molar refractivity (Wildman–Crippen MR) is 160 cm³/mol. The number of benzene rings is 1. The Morgan fingerprint density at radius 2 is 1.91 bits per heavy atom. The number of amides is 3. The Morgan fingerprint density at radius 3 is 2.64 bits per heavy atom. The minimum absolute atomic E-state index is 0.0107. The van der Waals surface area contributed by atoms with Gasteiger partial charge in [-0.3, -0.25) is 14.4 Å². The van der Waals surface area contributed by atoms with Crippen molar-refractivity contribution in [3.63, 3.8) is 0 Å². The van der Waals surface area contributed by atoms with E-state index in [9.17, 15) is 23.2 Å². The fourth-order valence-electron chi connectivity index (χ4n) is 8.25. The first kappa shape index (κ1) is 29.5. The SMILES string of the molecule is CC1=C(/C=C(\N)NC(=O)CN2C(=O)C3(CC4(CCOCC4)C3)NCC2c2cc(F)cc(F)c2)CC2(C1)C(=O)Nc1ncccc12. The van der Waals surface area contributed by atoms with Crippen LogP contribution < -0.4 is 21.7 Å². The molecule has 3 aliphatic heterocycles. The van der Waals surface area contributed by atoms with Crippen LogP contribution in [0.5, 0.6) is 0 Å². The van der Waals surface area contributed by atoms with Crippen LogP contribution in [0.4, 0.5) is 14.6 Å². The average Bonchev–Trinajstić information content (AvgIpc) is 3.44. The Hall–Kier alpha value is -4.16. The number of aromatic nitrogens is 1. The van der Waals surface area contributed by atoms with Crippen molar-refractivity contribution >= 4 is 23.5 Å². The van der Waals surface area contributed by atoms with Crippen LogP contribution >= 0.6 is 0 Å². The lowest BCUT2D eigenvalue weighted by atomic mass is 9.53. The highest BCUT2D eigenvalue weighted by atomic mass is 19.1. The van der Waals surface area contributed by atoms with Gasteiger partial charge in [-0.25, -0.2) is 13.8 Å². The number of nitrogens with one attached hydrogen (secondary N) is 3. The molecule has 3 fully saturated rings. The second kappa shape index (κ2) is 10.7. The molecule has 4 heterocycles. The number of anilines is 1. The molecule has 10 nitrogen and oxygen atoms in total. The highest BCUT2D eigenvalue weighted by Gasteiger charge is 2.62. The molecule has 1 saturated carbocycles. The first-order chi connectivity index (χ1) is 21.5. The van der Waals surface area contributed by atoms with E-state index in [-0.39, 0.29) is 41.7 Å². The third-order valence-electron chi connectivity index (χ3n) is 10.4. The molecular weight excluding hydrogens is 582 g/mol. The van der Waals surface area contributed by atoms with E-state index in [0.717, 1.165) is 35.6 Å². The first-order valence-electron chi connectivity index (χ1n) is 15.3. The Bertz CT molecular complexity index is 1640. The molecule has 1 aromatic heterocycles. The fraction of sp³-hybridized carbons (Fsp3) is 0.455. The normalized spacial score (nSPS) is 26.8. The second-order valence-electron chi connectivity index (χ2n) is 13.3. The second-order valence-corrected chi connectivity index (χ2v) is 13.3. The number of pyridine rings is 1. The van der Waals surface area contributed by atoms with E-state index in [2.05, 4.69) is 20.9 Å². The maximum Gasteiger partial charge on any atom is 0.245 e. The average molecular weight is 619 g/mol. The summed E-state index contributed by atoms with van der Waals surface area (Å²) in [6.45, 7) is 3.13. The molecule has 3 amide bonds. The molecule has 2 atom stereocenters. The number of carbonyl (C=O) groups is 3. The molecule has 3 spiro atoms. The molecule has 0 bridgehead atoms. The number of rotatable bonds is 5. The van der Waals surface area contributed by atoms with E-state index >= 15 is 0 Å². The van der Waals surface area contributed by atoms with Gasteiger partial charge in [0.25, 0.3) is 0 Å². The molecule has 45 heavy (non-hydrogen) atoms. The molecule has 2 unspecified atom stereocenters. The quantitative estimate of drug-likeness (QED) is 0.404. The van der Waals surface area contributed by atoms with Crippen LogP contribution in [0.15, 0.2) is 59.6 Å². The Kier molecular flexibility index (Phi) is 7.05. The van der Waals surface area contributed by atoms with Crippen LogP contribution in [0, 0.1) is 17.0 Å². The summed E-state index contributed by atoms with van der Waals surface area (Å²) in [5.74, 6) is -1.80. The monoisotopic (exact) mass is 618 g/mol. The molecule has 2 saturated heterocycles. The van der Waals surface area contributed by atoms with E-state index in [1.165, 1.54) is 17.0 Å². The number of carbonyl (C=O) groups excluding carboxylic acids is 3. The fourth-order valence-corrected chi connectivity index (χ4v) is 8.25. The topological polar surface area (TPSA) is 139 Å². The molecule has 7 rings (SSSR count). The van der Waals surface area contributed by atoms with E-state index in [4.69, 9.17) is 10.5 Å². The van der Waals surface area contributed by atoms with E-state index in [1.807, 2.05) is 13.0 Å². The van der Waals surface area contributed by atoms with Gasteiger partial charge < -0.3 is 31.3 Å². The van der Waals surface area contributed by atoms with Crippen molar-refractivity contribution in [2.75, 3.05) is 31.6 Å². The van der Waals surface area contributed by atoms with Crippen LogP contribution in [-0.2, 0) is 24.5 Å². The zero-order valence-electron chi connectivity index (χ0n) is 25.1. The van der Waals surface area contributed by atoms with Gasteiger partial charge in [0.1, 0.15) is 29.8 Å². The summed E-state index contributed by atoms with van der Waals surface area (Å²) in [4.78, 5) is 46.3. The van der Waals surface area contributed by atoms with E-state index in [0.29, 0.717) is 44.7 Å². The highest BCUT2D eigenvalue weighted by Crippen LogP contribution is 2.56. The largest absolute Gasteiger partial charge is 0.385 e. The van der Waals surface area contributed by atoms with Crippen LogP contribution in [0.3, 0.4) is 0 Å². The van der Waals surface area contributed by atoms with Gasteiger partial charge in [-0.2, -0.15) is 0 Å². The van der Waals surface area contributed by atoms with E-state index in [1.54, 1.807) is 18.3 Å². The smallest absolute Gasteiger partial charge is 0.245 e. The first-order valence-corrected chi connectivity index (χ1v) is 15.3. The number of piperazine rings is 1. The van der Waals surface area contributed by atoms with Crippen molar-refractivity contribution in [2.24, 2.45) is 11.1 Å². The molecule has 12 heteroatoms. The van der Waals surface area contributed by atoms with Crippen molar-refractivity contribution in [2.45, 2.75) is 62.4 Å². The predicted octanol–water partition coefficient (Wildman–Crippen LogP) is 3.08. The Labute approximate surface area is 259 Å². The lowest BCUT2D eigenvalue weighted by molar-refractivity contribution is -0.166. The summed E-state index contributed by atoms with van der Waals surface area (Å²) in [6, 6.07) is 6.11. The zero-order chi connectivity index (χ0) is 31.6. The van der Waals surface area contributed by atoms with E-state index < -0.39 is 34.5 Å². The lowest BCUT2D eigenvalue weighted by Crippen LogP contribution is -2.73. The van der Waals surface area contributed by atoms with Crippen LogP contribution in [0.25, 0.3) is 0 Å². The Morgan fingerprint density at radius 1 is 1.18 bits per heavy atom. The van der Waals surface area contributed by atoms with Crippen molar-refractivity contribution in [3.8, 4) is 0 Å². The molecule has 2 aromatic rings. The van der Waals surface area contributed by atoms with Crippen molar-refractivity contribution in [1.29, 1.82) is 0 Å². The summed E-state index contributed by atoms with van der Waals surface area (Å²) < 4.78 is 34.0. The van der Waals surface area contributed by atoms with Gasteiger partial charge >= 0.3 is 0 Å². The summed E-state index contributed by atoms with van der Waals surface area (Å²) in [5, 5.41) is 8.95. The molecule has 2 aliphatic carbocycles. The van der Waals surface area contributed by atoms with Crippen molar-refractivity contribution in [1.82, 2.24) is 20.5 Å². The number of hydrogen-bond donors (Lipinski definition) is 4. The van der Waals surface area contributed by atoms with Crippen molar-refractivity contribution < 1.29 is 27.9 Å². The standard InChI is InChI=1S/C33H36F2N6O4/c1-19-13-32(24-3-2-6-37-28(24)40-29(32)43)14-21(19)11-26(36)39-27(42)16-41-25(20-9-22(34)12-23(35)10-20)15-38-33(30(41)44)17-31(18-33)4-7-45-8-5-31/h2-3,6,9-12,25,38H,4-5,7-8,13-18,36H2,1H3,(H,39,42)(H,37,40,43)/b26-11+. The molecule has 1 aromatic carbocycles. The lowest BCUT2D eigenvalue weighted by Gasteiger charge is -2.60. The van der Waals surface area contributed by atoms with Gasteiger partial charge in [0, 0.05) is 37.6 Å². The van der Waals surface area contributed by atoms with Crippen LogP contribution in [0.2, 0.25) is 0 Å². The van der Waals surface area contributed by atoms with Crippen molar-refractivity contribution in [3.05, 3.63) is 82.3 Å². The number of ether oxygens (including phenoxy) is 1. The number of nitrogens with zero attached hydrogens (tertiary/aromatic N) is 2. The third kappa shape index (κ3) is 5.00. The third-order valence-corrected chi connectivity index (χ3v) is 10.4. The molecule has 236 valence electrons. The zero-order valence-corrected chi connectivity index (χ0v) is 25.1. The summed E-state index contributed by atoms with van der Waals surface area (Å²) in [5.41, 5.74) is 7.60. The van der Waals surface area contributed by atoms with Crippen LogP contribution in [0.1, 0.15) is 62.6 Å². The number of fused-ring (bicyclic) bond motifs is 2. The maximum absolute atomic E-state index is 14.2. The highest BCUT2D eigenvalue weighted by molar-refractivity contribution is 6.06. The number of hydrogen-bond acceptors (Lipinski definition) is 7. The maximum atomic E-state index is 14.2. The van der Waals surface area contributed by atoms with Gasteiger partial charge in [0.15, 0.2) is 0 Å². The van der Waals surface area contributed by atoms with Gasteiger partial charge in [-0.15, -0.1) is 0 Å². The van der Waals surface area contributed by atoms with Gasteiger partial charge in [-0.05, 0) is 86.3 Å². The summed E-state index contributed by atoms with van der Waals surface area (Å²) in [6.07, 6.45) is 7.16. The number of nitrogens with two attached hydrogens (primary N) is 1.